The summed E-state index contributed by atoms with van der Waals surface area (Å²) in [6.45, 7) is -0.306. The fraction of sp³-hybridized carbons (Fsp3) is 0.353. The van der Waals surface area contributed by atoms with E-state index in [1.54, 1.807) is 0 Å². The van der Waals surface area contributed by atoms with Gasteiger partial charge in [0.15, 0.2) is 21.3 Å². The number of benzene rings is 1. The van der Waals surface area contributed by atoms with E-state index in [-0.39, 0.29) is 41.3 Å². The molecule has 1 N–H and O–H groups in total. The van der Waals surface area contributed by atoms with Crippen LogP contribution in [0.3, 0.4) is 0 Å². The molecule has 2 aromatic rings. The molecule has 3 rings (SSSR count). The Labute approximate surface area is 165 Å². The van der Waals surface area contributed by atoms with E-state index in [1.807, 2.05) is 0 Å². The lowest BCUT2D eigenvalue weighted by atomic mass is 10.0. The van der Waals surface area contributed by atoms with Crippen molar-refractivity contribution >= 4 is 44.3 Å². The number of sulfone groups is 1. The monoisotopic (exact) mass is 428 g/mol. The van der Waals surface area contributed by atoms with Crippen molar-refractivity contribution in [2.45, 2.75) is 29.4 Å². The second-order valence-electron chi connectivity index (χ2n) is 5.92. The van der Waals surface area contributed by atoms with E-state index in [0.717, 1.165) is 0 Å². The third-order valence-electron chi connectivity index (χ3n) is 3.86. The number of carbonyl (C=O) groups excluding carboxylic acids is 1. The van der Waals surface area contributed by atoms with Crippen molar-refractivity contribution in [1.29, 1.82) is 0 Å². The van der Waals surface area contributed by atoms with Crippen LogP contribution in [0, 0.1) is 0 Å². The van der Waals surface area contributed by atoms with Crippen molar-refractivity contribution in [2.24, 2.45) is 5.16 Å². The van der Waals surface area contributed by atoms with Crippen molar-refractivity contribution in [1.82, 2.24) is 4.98 Å². The fourth-order valence-corrected chi connectivity index (χ4v) is 4.99. The van der Waals surface area contributed by atoms with Crippen molar-refractivity contribution < 1.29 is 23.2 Å². The molecule has 27 heavy (non-hydrogen) atoms. The quantitative estimate of drug-likeness (QED) is 0.373. The Kier molecular flexibility index (Phi) is 6.25. The van der Waals surface area contributed by atoms with Crippen LogP contribution in [0.5, 0.6) is 0 Å². The average molecular weight is 429 g/mol. The lowest BCUT2D eigenvalue weighted by Crippen LogP contribution is -2.19. The van der Waals surface area contributed by atoms with Gasteiger partial charge in [-0.25, -0.2) is 13.4 Å². The molecule has 1 aromatic carbocycles. The predicted molar refractivity (Wildman–Crippen MR) is 102 cm³/mol. The Morgan fingerprint density at radius 1 is 1.33 bits per heavy atom. The van der Waals surface area contributed by atoms with Gasteiger partial charge in [-0.2, -0.15) is 0 Å². The molecule has 0 atom stereocenters. The summed E-state index contributed by atoms with van der Waals surface area (Å²) in [6.07, 6.45) is 2.81. The van der Waals surface area contributed by atoms with E-state index in [4.69, 9.17) is 21.5 Å². The molecule has 10 heteroatoms. The summed E-state index contributed by atoms with van der Waals surface area (Å²) < 4.78 is 25.1. The number of thiazole rings is 1. The Bertz CT molecular complexity index is 950. The van der Waals surface area contributed by atoms with E-state index in [9.17, 15) is 13.2 Å². The molecule has 1 saturated carbocycles. The summed E-state index contributed by atoms with van der Waals surface area (Å²) in [7, 11) is -3.31. The predicted octanol–water partition coefficient (Wildman–Crippen LogP) is 2.26. The summed E-state index contributed by atoms with van der Waals surface area (Å²) >= 11 is 7.03. The number of aromatic nitrogens is 1. The van der Waals surface area contributed by atoms with Crippen LogP contribution in [0.15, 0.2) is 40.5 Å². The van der Waals surface area contributed by atoms with Crippen molar-refractivity contribution in [3.63, 3.8) is 0 Å². The molecular weight excluding hydrogens is 412 g/mol. The first-order valence-corrected chi connectivity index (χ1v) is 10.9. The maximum atomic E-state index is 12.6. The SMILES string of the molecule is O=C(Cc1ncc(Cl)s1)C(=NOCCO)c1ccc(S(=O)(=O)C2CC2)cc1. The minimum atomic E-state index is -3.31. The van der Waals surface area contributed by atoms with Crippen LogP contribution in [0.2, 0.25) is 4.34 Å². The molecule has 0 radical (unpaired) electrons. The zero-order valence-corrected chi connectivity index (χ0v) is 16.6. The van der Waals surface area contributed by atoms with Crippen molar-refractivity contribution in [2.75, 3.05) is 13.2 Å². The molecule has 0 aliphatic heterocycles. The second kappa shape index (κ2) is 8.47. The van der Waals surface area contributed by atoms with Crippen LogP contribution >= 0.6 is 22.9 Å². The molecule has 1 heterocycles. The lowest BCUT2D eigenvalue weighted by Gasteiger charge is -2.07. The van der Waals surface area contributed by atoms with Gasteiger partial charge >= 0.3 is 0 Å². The topological polar surface area (TPSA) is 106 Å². The molecule has 7 nitrogen and oxygen atoms in total. The third-order valence-corrected chi connectivity index (χ3v) is 7.25. The normalized spacial score (nSPS) is 15.0. The van der Waals surface area contributed by atoms with Crippen LogP contribution < -0.4 is 0 Å². The molecule has 0 saturated heterocycles. The van der Waals surface area contributed by atoms with Gasteiger partial charge in [0.1, 0.15) is 16.0 Å². The minimum Gasteiger partial charge on any atom is -0.393 e. The molecule has 1 aromatic heterocycles. The third kappa shape index (κ3) is 4.92. The highest BCUT2D eigenvalue weighted by molar-refractivity contribution is 7.92. The number of ketones is 1. The first-order valence-electron chi connectivity index (χ1n) is 8.20. The number of Topliss-reactive ketones (excluding diaryl/α,β-unsaturated/α-hetero) is 1. The van der Waals surface area contributed by atoms with Crippen LogP contribution in [0.25, 0.3) is 0 Å². The first-order chi connectivity index (χ1) is 12.9. The number of carbonyl (C=O) groups is 1. The molecule has 0 unspecified atom stereocenters. The van der Waals surface area contributed by atoms with Gasteiger partial charge in [0.25, 0.3) is 0 Å². The maximum Gasteiger partial charge on any atom is 0.191 e. The number of aliphatic hydroxyl groups is 1. The lowest BCUT2D eigenvalue weighted by molar-refractivity contribution is -0.112. The smallest absolute Gasteiger partial charge is 0.191 e. The molecule has 1 fully saturated rings. The number of halogens is 1. The van der Waals surface area contributed by atoms with Crippen LogP contribution in [0.4, 0.5) is 0 Å². The summed E-state index contributed by atoms with van der Waals surface area (Å²) in [4.78, 5) is 21.9. The standard InChI is InChI=1S/C17H17ClN2O5S2/c18-15-10-19-16(26-15)9-14(22)17(20-25-8-7-21)11-1-3-12(4-2-11)27(23,24)13-5-6-13/h1-4,10,13,21H,5-9H2. The Hall–Kier alpha value is -1.81. The van der Waals surface area contributed by atoms with Crippen LogP contribution in [-0.2, 0) is 25.9 Å². The Balaban J connectivity index is 1.83. The number of aliphatic hydroxyl groups excluding tert-OH is 1. The van der Waals surface area contributed by atoms with Crippen molar-refractivity contribution in [3.05, 3.63) is 45.4 Å². The van der Waals surface area contributed by atoms with Gasteiger partial charge < -0.3 is 9.94 Å². The molecule has 0 amide bonds. The number of nitrogens with zero attached hydrogens (tertiary/aromatic N) is 2. The second-order valence-corrected chi connectivity index (χ2v) is 9.90. The van der Waals surface area contributed by atoms with Gasteiger partial charge in [-0.3, -0.25) is 4.79 Å². The van der Waals surface area contributed by atoms with E-state index < -0.39 is 9.84 Å². The fourth-order valence-electron chi connectivity index (χ4n) is 2.38. The Morgan fingerprint density at radius 3 is 2.59 bits per heavy atom. The minimum absolute atomic E-state index is 0.0131. The van der Waals surface area contributed by atoms with Gasteiger partial charge in [-0.1, -0.05) is 28.9 Å². The summed E-state index contributed by atoms with van der Waals surface area (Å²) in [5.41, 5.74) is 0.459. The zero-order valence-electron chi connectivity index (χ0n) is 14.2. The average Bonchev–Trinajstić information content (AvgIpc) is 3.43. The number of rotatable bonds is 9. The molecule has 0 bridgehead atoms. The van der Waals surface area contributed by atoms with Gasteiger partial charge in [0, 0.05) is 5.56 Å². The van der Waals surface area contributed by atoms with Gasteiger partial charge in [0.05, 0.1) is 29.4 Å². The zero-order chi connectivity index (χ0) is 19.4. The summed E-state index contributed by atoms with van der Waals surface area (Å²) in [5, 5.41) is 12.9. The van der Waals surface area contributed by atoms with Gasteiger partial charge in [-0.05, 0) is 25.0 Å². The maximum absolute atomic E-state index is 12.6. The van der Waals surface area contributed by atoms with E-state index in [2.05, 4.69) is 10.1 Å². The van der Waals surface area contributed by atoms with Gasteiger partial charge in [-0.15, -0.1) is 11.3 Å². The number of hydrogen-bond acceptors (Lipinski definition) is 8. The molecule has 144 valence electrons. The van der Waals surface area contributed by atoms with Gasteiger partial charge in [0.2, 0.25) is 0 Å². The summed E-state index contributed by atoms with van der Waals surface area (Å²) in [5.74, 6) is -0.350. The highest BCUT2D eigenvalue weighted by Gasteiger charge is 2.36. The molecule has 1 aliphatic carbocycles. The van der Waals surface area contributed by atoms with Crippen molar-refractivity contribution in [3.8, 4) is 0 Å². The number of oxime groups is 1. The van der Waals surface area contributed by atoms with E-state index in [0.29, 0.717) is 27.7 Å². The molecule has 0 spiro atoms. The number of hydrogen-bond donors (Lipinski definition) is 1. The highest BCUT2D eigenvalue weighted by atomic mass is 35.5. The van der Waals surface area contributed by atoms with Crippen LogP contribution in [0.1, 0.15) is 23.4 Å². The van der Waals surface area contributed by atoms with Crippen LogP contribution in [-0.4, -0.2) is 48.5 Å². The Morgan fingerprint density at radius 2 is 2.04 bits per heavy atom. The molecular formula is C17H17ClN2O5S2. The summed E-state index contributed by atoms with van der Waals surface area (Å²) in [6, 6.07) is 6.00. The first kappa shape index (κ1) is 19.9. The molecule has 1 aliphatic rings. The largest absolute Gasteiger partial charge is 0.393 e. The van der Waals surface area contributed by atoms with E-state index >= 15 is 0 Å². The highest BCUT2D eigenvalue weighted by Crippen LogP contribution is 2.33. The van der Waals surface area contributed by atoms with E-state index in [1.165, 1.54) is 41.8 Å².